The molecular formula is C20H25FN2O3S. The van der Waals surface area contributed by atoms with Crippen LogP contribution < -0.4 is 0 Å². The summed E-state index contributed by atoms with van der Waals surface area (Å²) >= 11 is 1.57. The van der Waals surface area contributed by atoms with Crippen molar-refractivity contribution < 1.29 is 18.7 Å². The zero-order valence-electron chi connectivity index (χ0n) is 15.7. The van der Waals surface area contributed by atoms with Crippen LogP contribution in [0.25, 0.3) is 0 Å². The molecule has 0 unspecified atom stereocenters. The van der Waals surface area contributed by atoms with Crippen molar-refractivity contribution in [3.63, 3.8) is 0 Å². The molecule has 1 aromatic carbocycles. The van der Waals surface area contributed by atoms with Gasteiger partial charge in [0.05, 0.1) is 19.7 Å². The van der Waals surface area contributed by atoms with E-state index in [4.69, 9.17) is 4.74 Å². The highest BCUT2D eigenvalue weighted by Gasteiger charge is 2.21. The topological polar surface area (TPSA) is 49.9 Å². The second-order valence-electron chi connectivity index (χ2n) is 6.12. The number of hydrogen-bond acceptors (Lipinski definition) is 4. The van der Waals surface area contributed by atoms with Crippen LogP contribution in [-0.2, 0) is 27.4 Å². The van der Waals surface area contributed by atoms with E-state index in [1.807, 2.05) is 17.5 Å². The molecule has 2 aromatic rings. The van der Waals surface area contributed by atoms with Crippen molar-refractivity contribution in [2.75, 3.05) is 26.8 Å². The molecule has 0 radical (unpaired) electrons. The molecular weight excluding hydrogens is 367 g/mol. The Bertz CT molecular complexity index is 719. The zero-order valence-corrected chi connectivity index (χ0v) is 16.5. The second-order valence-corrected chi connectivity index (χ2v) is 7.15. The number of hydrogen-bond donors (Lipinski definition) is 0. The third-order valence-corrected chi connectivity index (χ3v) is 4.97. The molecule has 1 aromatic heterocycles. The molecule has 0 N–H and O–H groups in total. The van der Waals surface area contributed by atoms with E-state index in [1.54, 1.807) is 42.4 Å². The van der Waals surface area contributed by atoms with Gasteiger partial charge < -0.3 is 14.5 Å². The SMILES string of the molecule is CCC(=O)N(CCOC)CC(=O)N(Cc1ccc(F)cc1)Cc1cccs1. The number of carbonyl (C=O) groups is 2. The van der Waals surface area contributed by atoms with Gasteiger partial charge in [0.2, 0.25) is 11.8 Å². The predicted molar refractivity (Wildman–Crippen MR) is 104 cm³/mol. The molecule has 0 aliphatic heterocycles. The molecule has 7 heteroatoms. The van der Waals surface area contributed by atoms with E-state index >= 15 is 0 Å². The maximum Gasteiger partial charge on any atom is 0.242 e. The van der Waals surface area contributed by atoms with Gasteiger partial charge in [-0.25, -0.2) is 4.39 Å². The Kier molecular flexibility index (Phi) is 8.42. The molecule has 1 heterocycles. The van der Waals surface area contributed by atoms with Crippen LogP contribution >= 0.6 is 11.3 Å². The minimum absolute atomic E-state index is 0.00258. The van der Waals surface area contributed by atoms with Gasteiger partial charge in [-0.05, 0) is 29.1 Å². The van der Waals surface area contributed by atoms with E-state index in [0.29, 0.717) is 32.7 Å². The first-order valence-electron chi connectivity index (χ1n) is 8.84. The monoisotopic (exact) mass is 392 g/mol. The Hall–Kier alpha value is -2.25. The quantitative estimate of drug-likeness (QED) is 0.623. The van der Waals surface area contributed by atoms with Crippen molar-refractivity contribution in [3.8, 4) is 0 Å². The minimum atomic E-state index is -0.311. The first-order chi connectivity index (χ1) is 13.0. The van der Waals surface area contributed by atoms with Crippen LogP contribution in [0.1, 0.15) is 23.8 Å². The standard InChI is InChI=1S/C20H25FN2O3S/c1-3-19(24)22(10-11-26-2)15-20(25)23(14-18-5-4-12-27-18)13-16-6-8-17(21)9-7-16/h4-9,12H,3,10-11,13-15H2,1-2H3. The number of benzene rings is 1. The first kappa shape index (κ1) is 21.1. The van der Waals surface area contributed by atoms with E-state index in [1.165, 1.54) is 17.0 Å². The Morgan fingerprint density at radius 1 is 1.07 bits per heavy atom. The van der Waals surface area contributed by atoms with E-state index in [0.717, 1.165) is 10.4 Å². The lowest BCUT2D eigenvalue weighted by molar-refractivity contribution is -0.141. The van der Waals surface area contributed by atoms with Gasteiger partial charge in [-0.1, -0.05) is 25.1 Å². The van der Waals surface area contributed by atoms with Gasteiger partial charge in [-0.15, -0.1) is 11.3 Å². The summed E-state index contributed by atoms with van der Waals surface area (Å²) in [5.74, 6) is -0.543. The molecule has 0 aliphatic rings. The van der Waals surface area contributed by atoms with Gasteiger partial charge in [0, 0.05) is 31.5 Å². The Morgan fingerprint density at radius 2 is 1.81 bits per heavy atom. The second kappa shape index (κ2) is 10.8. The Morgan fingerprint density at radius 3 is 2.41 bits per heavy atom. The molecule has 2 amide bonds. The van der Waals surface area contributed by atoms with Crippen LogP contribution in [0.15, 0.2) is 41.8 Å². The highest BCUT2D eigenvalue weighted by Crippen LogP contribution is 2.15. The van der Waals surface area contributed by atoms with Gasteiger partial charge >= 0.3 is 0 Å². The lowest BCUT2D eigenvalue weighted by Gasteiger charge is -2.27. The maximum atomic E-state index is 13.2. The summed E-state index contributed by atoms with van der Waals surface area (Å²) in [6.07, 6.45) is 0.333. The molecule has 0 spiro atoms. The number of thiophene rings is 1. The normalized spacial score (nSPS) is 10.6. The molecule has 0 aliphatic carbocycles. The Balaban J connectivity index is 2.13. The lowest BCUT2D eigenvalue weighted by Crippen LogP contribution is -2.43. The number of carbonyl (C=O) groups excluding carboxylic acids is 2. The van der Waals surface area contributed by atoms with Crippen molar-refractivity contribution in [1.29, 1.82) is 0 Å². The highest BCUT2D eigenvalue weighted by molar-refractivity contribution is 7.09. The summed E-state index contributed by atoms with van der Waals surface area (Å²) in [5, 5.41) is 1.96. The van der Waals surface area contributed by atoms with Gasteiger partial charge in [-0.3, -0.25) is 9.59 Å². The van der Waals surface area contributed by atoms with E-state index in [9.17, 15) is 14.0 Å². The van der Waals surface area contributed by atoms with E-state index < -0.39 is 0 Å². The van der Waals surface area contributed by atoms with Crippen molar-refractivity contribution in [3.05, 3.63) is 58.0 Å². The number of ether oxygens (including phenoxy) is 1. The molecule has 0 atom stereocenters. The average molecular weight is 392 g/mol. The highest BCUT2D eigenvalue weighted by atomic mass is 32.1. The number of rotatable bonds is 10. The van der Waals surface area contributed by atoms with Crippen LogP contribution in [0.4, 0.5) is 4.39 Å². The summed E-state index contributed by atoms with van der Waals surface area (Å²) < 4.78 is 18.2. The van der Waals surface area contributed by atoms with Gasteiger partial charge in [0.25, 0.3) is 0 Å². The van der Waals surface area contributed by atoms with Crippen LogP contribution in [0, 0.1) is 5.82 Å². The van der Waals surface area contributed by atoms with Crippen LogP contribution in [0.2, 0.25) is 0 Å². The maximum absolute atomic E-state index is 13.2. The molecule has 5 nitrogen and oxygen atoms in total. The molecule has 0 fully saturated rings. The van der Waals surface area contributed by atoms with Crippen molar-refractivity contribution in [2.45, 2.75) is 26.4 Å². The fourth-order valence-corrected chi connectivity index (χ4v) is 3.33. The van der Waals surface area contributed by atoms with Crippen LogP contribution in [0.3, 0.4) is 0 Å². The van der Waals surface area contributed by atoms with Crippen molar-refractivity contribution >= 4 is 23.2 Å². The average Bonchev–Trinajstić information content (AvgIpc) is 3.18. The zero-order chi connectivity index (χ0) is 19.6. The summed E-state index contributed by atoms with van der Waals surface area (Å²) in [6, 6.07) is 10.0. The van der Waals surface area contributed by atoms with Gasteiger partial charge in [-0.2, -0.15) is 0 Å². The smallest absolute Gasteiger partial charge is 0.242 e. The molecule has 27 heavy (non-hydrogen) atoms. The molecule has 0 bridgehead atoms. The van der Waals surface area contributed by atoms with Gasteiger partial charge in [0.15, 0.2) is 0 Å². The van der Waals surface area contributed by atoms with Crippen LogP contribution in [-0.4, -0.2) is 48.4 Å². The number of nitrogens with zero attached hydrogens (tertiary/aromatic N) is 2. The fraction of sp³-hybridized carbons (Fsp3) is 0.400. The molecule has 2 rings (SSSR count). The third-order valence-electron chi connectivity index (χ3n) is 4.11. The van der Waals surface area contributed by atoms with Crippen molar-refractivity contribution in [2.24, 2.45) is 0 Å². The first-order valence-corrected chi connectivity index (χ1v) is 9.72. The molecule has 146 valence electrons. The van der Waals surface area contributed by atoms with E-state index in [-0.39, 0.29) is 24.2 Å². The number of methoxy groups -OCH3 is 1. The Labute approximate surface area is 163 Å². The summed E-state index contributed by atoms with van der Waals surface area (Å²) in [7, 11) is 1.56. The summed E-state index contributed by atoms with van der Waals surface area (Å²) in [6.45, 7) is 3.33. The lowest BCUT2D eigenvalue weighted by atomic mass is 10.2. The van der Waals surface area contributed by atoms with Gasteiger partial charge in [0.1, 0.15) is 5.82 Å². The predicted octanol–water partition coefficient (Wildman–Crippen LogP) is 3.30. The summed E-state index contributed by atoms with van der Waals surface area (Å²) in [4.78, 5) is 29.4. The third kappa shape index (κ3) is 6.77. The number of halogens is 1. The van der Waals surface area contributed by atoms with Crippen molar-refractivity contribution in [1.82, 2.24) is 9.80 Å². The molecule has 0 saturated carbocycles. The summed E-state index contributed by atoms with van der Waals surface area (Å²) in [5.41, 5.74) is 0.839. The number of amides is 2. The largest absolute Gasteiger partial charge is 0.383 e. The molecule has 0 saturated heterocycles. The fourth-order valence-electron chi connectivity index (χ4n) is 2.61. The van der Waals surface area contributed by atoms with Crippen LogP contribution in [0.5, 0.6) is 0 Å². The van der Waals surface area contributed by atoms with E-state index in [2.05, 4.69) is 0 Å². The minimum Gasteiger partial charge on any atom is -0.383 e.